The zero-order chi connectivity index (χ0) is 17.6. The molecular weight excluding hydrogens is 338 g/mol. The largest absolute Gasteiger partial charge is 0.437 e. The third-order valence-electron chi connectivity index (χ3n) is 3.68. The number of nitrogens with zero attached hydrogens (tertiary/aromatic N) is 2. The minimum Gasteiger partial charge on any atom is -0.387 e. The van der Waals surface area contributed by atoms with Crippen molar-refractivity contribution in [3.05, 3.63) is 64.0 Å². The van der Waals surface area contributed by atoms with Crippen LogP contribution in [0.1, 0.15) is 18.9 Å². The van der Waals surface area contributed by atoms with Crippen LogP contribution in [0.2, 0.25) is 0 Å². The average molecular weight is 357 g/mol. The van der Waals surface area contributed by atoms with Crippen LogP contribution < -0.4 is 11.1 Å². The van der Waals surface area contributed by atoms with Gasteiger partial charge in [0.25, 0.3) is 5.89 Å². The Labute approximate surface area is 149 Å². The van der Waals surface area contributed by atoms with Crippen LogP contribution in [-0.4, -0.2) is 21.7 Å². The van der Waals surface area contributed by atoms with Gasteiger partial charge in [0, 0.05) is 12.5 Å². The Bertz CT molecular complexity index is 869. The molecule has 3 aromatic rings. The standard InChI is InChI=1S/C18H19N3O3S/c1-13(19-16(22)10-9-14-6-3-2-4-7-14)12-21-18(23)24-17(20-21)15-8-5-11-25-15/h2-8,11,13H,9-10,12H2,1H3,(H,19,22)/t13-/m1/s1. The zero-order valence-electron chi connectivity index (χ0n) is 13.8. The van der Waals surface area contributed by atoms with Gasteiger partial charge in [-0.3, -0.25) is 4.79 Å². The third kappa shape index (κ3) is 4.67. The first kappa shape index (κ1) is 17.2. The lowest BCUT2D eigenvalue weighted by Crippen LogP contribution is -2.37. The normalized spacial score (nSPS) is 12.0. The minimum atomic E-state index is -0.520. The fourth-order valence-corrected chi connectivity index (χ4v) is 3.12. The van der Waals surface area contributed by atoms with E-state index in [2.05, 4.69) is 10.4 Å². The highest BCUT2D eigenvalue weighted by atomic mass is 32.1. The van der Waals surface area contributed by atoms with E-state index in [1.54, 1.807) is 0 Å². The monoisotopic (exact) mass is 357 g/mol. The lowest BCUT2D eigenvalue weighted by atomic mass is 10.1. The molecule has 1 amide bonds. The number of carbonyl (C=O) groups is 1. The molecule has 3 rings (SSSR count). The Morgan fingerprint density at radius 3 is 2.80 bits per heavy atom. The quantitative estimate of drug-likeness (QED) is 0.705. The molecular formula is C18H19N3O3S. The maximum absolute atomic E-state index is 12.1. The van der Waals surface area contributed by atoms with Crippen molar-refractivity contribution in [3.8, 4) is 10.8 Å². The molecule has 1 aromatic carbocycles. The average Bonchev–Trinajstić information content (AvgIpc) is 3.24. The Morgan fingerprint density at radius 1 is 1.28 bits per heavy atom. The highest BCUT2D eigenvalue weighted by Gasteiger charge is 2.14. The van der Waals surface area contributed by atoms with Crippen LogP contribution in [0.5, 0.6) is 0 Å². The number of thiophene rings is 1. The van der Waals surface area contributed by atoms with Crippen molar-refractivity contribution in [2.45, 2.75) is 32.4 Å². The molecule has 0 saturated carbocycles. The Morgan fingerprint density at radius 2 is 2.08 bits per heavy atom. The van der Waals surface area contributed by atoms with Crippen LogP contribution in [0.4, 0.5) is 0 Å². The van der Waals surface area contributed by atoms with E-state index in [1.165, 1.54) is 16.0 Å². The second-order valence-electron chi connectivity index (χ2n) is 5.79. The van der Waals surface area contributed by atoms with Crippen molar-refractivity contribution in [3.63, 3.8) is 0 Å². The summed E-state index contributed by atoms with van der Waals surface area (Å²) in [6.07, 6.45) is 1.09. The van der Waals surface area contributed by atoms with Crippen LogP contribution in [0.15, 0.2) is 57.1 Å². The van der Waals surface area contributed by atoms with Crippen molar-refractivity contribution < 1.29 is 9.21 Å². The number of hydrogen-bond acceptors (Lipinski definition) is 5. The van der Waals surface area contributed by atoms with Gasteiger partial charge < -0.3 is 9.73 Å². The first-order chi connectivity index (χ1) is 12.1. The van der Waals surface area contributed by atoms with E-state index < -0.39 is 5.76 Å². The van der Waals surface area contributed by atoms with E-state index in [0.717, 1.165) is 10.4 Å². The second kappa shape index (κ2) is 7.94. The summed E-state index contributed by atoms with van der Waals surface area (Å²) in [6, 6.07) is 13.4. The summed E-state index contributed by atoms with van der Waals surface area (Å²) < 4.78 is 6.41. The molecule has 2 aromatic heterocycles. The van der Waals surface area contributed by atoms with Gasteiger partial charge in [0.15, 0.2) is 0 Å². The molecule has 0 aliphatic heterocycles. The fourth-order valence-electron chi connectivity index (χ4n) is 2.48. The molecule has 0 aliphatic rings. The number of nitrogens with one attached hydrogen (secondary N) is 1. The van der Waals surface area contributed by atoms with Gasteiger partial charge >= 0.3 is 5.76 Å². The fraction of sp³-hybridized carbons (Fsp3) is 0.278. The summed E-state index contributed by atoms with van der Waals surface area (Å²) in [6.45, 7) is 2.11. The number of rotatable bonds is 7. The zero-order valence-corrected chi connectivity index (χ0v) is 14.7. The summed E-state index contributed by atoms with van der Waals surface area (Å²) >= 11 is 1.45. The van der Waals surface area contributed by atoms with Crippen LogP contribution in [-0.2, 0) is 17.8 Å². The number of aryl methyl sites for hydroxylation is 1. The topological polar surface area (TPSA) is 77.1 Å². The molecule has 1 atom stereocenters. The highest BCUT2D eigenvalue weighted by molar-refractivity contribution is 7.13. The van der Waals surface area contributed by atoms with E-state index in [9.17, 15) is 9.59 Å². The molecule has 1 N–H and O–H groups in total. The van der Waals surface area contributed by atoms with Crippen molar-refractivity contribution in [2.75, 3.05) is 0 Å². The predicted molar refractivity (Wildman–Crippen MR) is 96.4 cm³/mol. The summed E-state index contributed by atoms with van der Waals surface area (Å²) in [5.74, 6) is -0.261. The Kier molecular flexibility index (Phi) is 5.45. The number of benzene rings is 1. The van der Waals surface area contributed by atoms with Gasteiger partial charge in [-0.2, -0.15) is 4.68 Å². The number of carbonyl (C=O) groups excluding carboxylic acids is 1. The SMILES string of the molecule is C[C@H](Cn1nc(-c2cccs2)oc1=O)NC(=O)CCc1ccccc1. The lowest BCUT2D eigenvalue weighted by Gasteiger charge is -2.12. The lowest BCUT2D eigenvalue weighted by molar-refractivity contribution is -0.121. The molecule has 0 spiro atoms. The van der Waals surface area contributed by atoms with E-state index in [-0.39, 0.29) is 18.5 Å². The minimum absolute atomic E-state index is 0.0497. The maximum atomic E-state index is 12.1. The van der Waals surface area contributed by atoms with E-state index in [1.807, 2.05) is 54.8 Å². The van der Waals surface area contributed by atoms with Gasteiger partial charge in [-0.15, -0.1) is 16.4 Å². The molecule has 0 radical (unpaired) electrons. The molecule has 130 valence electrons. The van der Waals surface area contributed by atoms with E-state index in [0.29, 0.717) is 18.7 Å². The number of hydrogen-bond donors (Lipinski definition) is 1. The van der Waals surface area contributed by atoms with Gasteiger partial charge in [0.2, 0.25) is 5.91 Å². The number of aromatic nitrogens is 2. The smallest absolute Gasteiger partial charge is 0.387 e. The van der Waals surface area contributed by atoms with E-state index >= 15 is 0 Å². The van der Waals surface area contributed by atoms with Gasteiger partial charge in [-0.05, 0) is 30.4 Å². The number of amides is 1. The molecule has 0 aliphatic carbocycles. The first-order valence-electron chi connectivity index (χ1n) is 8.07. The molecule has 7 heteroatoms. The maximum Gasteiger partial charge on any atom is 0.437 e. The third-order valence-corrected chi connectivity index (χ3v) is 4.53. The Balaban J connectivity index is 1.53. The highest BCUT2D eigenvalue weighted by Crippen LogP contribution is 2.21. The van der Waals surface area contributed by atoms with Crippen LogP contribution >= 0.6 is 11.3 Å². The molecule has 2 heterocycles. The second-order valence-corrected chi connectivity index (χ2v) is 6.73. The van der Waals surface area contributed by atoms with Gasteiger partial charge in [0.1, 0.15) is 0 Å². The van der Waals surface area contributed by atoms with E-state index in [4.69, 9.17) is 4.42 Å². The van der Waals surface area contributed by atoms with Crippen molar-refractivity contribution in [2.24, 2.45) is 0 Å². The molecule has 0 saturated heterocycles. The summed E-state index contributed by atoms with van der Waals surface area (Å²) in [5.41, 5.74) is 1.12. The molecule has 0 fully saturated rings. The molecule has 0 bridgehead atoms. The molecule has 0 unspecified atom stereocenters. The van der Waals surface area contributed by atoms with Gasteiger partial charge in [-0.1, -0.05) is 36.4 Å². The summed E-state index contributed by atoms with van der Waals surface area (Å²) in [7, 11) is 0. The summed E-state index contributed by atoms with van der Waals surface area (Å²) in [4.78, 5) is 24.7. The van der Waals surface area contributed by atoms with Crippen LogP contribution in [0, 0.1) is 0 Å². The Hall–Kier alpha value is -2.67. The molecule has 6 nitrogen and oxygen atoms in total. The molecule has 25 heavy (non-hydrogen) atoms. The van der Waals surface area contributed by atoms with Crippen molar-refractivity contribution in [1.82, 2.24) is 15.1 Å². The van der Waals surface area contributed by atoms with Gasteiger partial charge in [0.05, 0.1) is 11.4 Å². The van der Waals surface area contributed by atoms with Crippen molar-refractivity contribution in [1.29, 1.82) is 0 Å². The first-order valence-corrected chi connectivity index (χ1v) is 8.95. The summed E-state index contributed by atoms with van der Waals surface area (Å²) in [5, 5.41) is 8.97. The van der Waals surface area contributed by atoms with Crippen molar-refractivity contribution >= 4 is 17.2 Å². The predicted octanol–water partition coefficient (Wildman–Crippen LogP) is 2.70. The van der Waals surface area contributed by atoms with Gasteiger partial charge in [-0.25, -0.2) is 4.79 Å². The van der Waals surface area contributed by atoms with Crippen LogP contribution in [0.3, 0.4) is 0 Å². The van der Waals surface area contributed by atoms with Crippen LogP contribution in [0.25, 0.3) is 10.8 Å².